The van der Waals surface area contributed by atoms with Crippen molar-refractivity contribution in [2.75, 3.05) is 26.2 Å². The van der Waals surface area contributed by atoms with Gasteiger partial charge in [-0.2, -0.15) is 0 Å². The van der Waals surface area contributed by atoms with E-state index in [4.69, 9.17) is 0 Å². The first kappa shape index (κ1) is 14.6. The summed E-state index contributed by atoms with van der Waals surface area (Å²) in [5.74, 6) is 0. The first-order valence-corrected chi connectivity index (χ1v) is 7.69. The van der Waals surface area contributed by atoms with Crippen molar-refractivity contribution in [1.82, 2.24) is 14.8 Å². The van der Waals surface area contributed by atoms with Crippen LogP contribution < -0.4 is 5.32 Å². The summed E-state index contributed by atoms with van der Waals surface area (Å²) >= 11 is 0. The predicted molar refractivity (Wildman–Crippen MR) is 81.8 cm³/mol. The lowest BCUT2D eigenvalue weighted by Crippen LogP contribution is -2.45. The van der Waals surface area contributed by atoms with Gasteiger partial charge in [-0.1, -0.05) is 6.92 Å². The molecule has 1 aromatic rings. The Morgan fingerprint density at radius 2 is 1.84 bits per heavy atom. The smallest absolute Gasteiger partial charge is 0.0364 e. The predicted octanol–water partition coefficient (Wildman–Crippen LogP) is 3.04. The van der Waals surface area contributed by atoms with Crippen molar-refractivity contribution in [3.05, 3.63) is 23.0 Å². The standard InChI is InChI=1S/C16H29N3/c1-6-16(18-9-7-17-8-10-18)15-11-13(4)19(12(2)3)14(15)5/h11-12,16-17H,6-10H2,1-5H3. The summed E-state index contributed by atoms with van der Waals surface area (Å²) < 4.78 is 2.47. The molecule has 1 unspecified atom stereocenters. The molecule has 0 radical (unpaired) electrons. The van der Waals surface area contributed by atoms with Crippen molar-refractivity contribution in [2.45, 2.75) is 53.1 Å². The molecule has 1 aliphatic heterocycles. The van der Waals surface area contributed by atoms with Gasteiger partial charge in [0.1, 0.15) is 0 Å². The van der Waals surface area contributed by atoms with Crippen LogP contribution in [0.4, 0.5) is 0 Å². The lowest BCUT2D eigenvalue weighted by atomic mass is 10.0. The topological polar surface area (TPSA) is 20.2 Å². The molecule has 3 heteroatoms. The van der Waals surface area contributed by atoms with Gasteiger partial charge in [0.15, 0.2) is 0 Å². The minimum Gasteiger partial charge on any atom is -0.346 e. The number of nitrogens with zero attached hydrogens (tertiary/aromatic N) is 2. The molecule has 1 aromatic heterocycles. The van der Waals surface area contributed by atoms with Gasteiger partial charge in [-0.25, -0.2) is 0 Å². The highest BCUT2D eigenvalue weighted by atomic mass is 15.2. The maximum atomic E-state index is 3.45. The van der Waals surface area contributed by atoms with E-state index in [1.165, 1.54) is 36.5 Å². The van der Waals surface area contributed by atoms with Crippen LogP contribution in [0.15, 0.2) is 6.07 Å². The molecule has 0 amide bonds. The second kappa shape index (κ2) is 6.10. The number of aryl methyl sites for hydroxylation is 1. The van der Waals surface area contributed by atoms with Gasteiger partial charge in [0, 0.05) is 49.7 Å². The van der Waals surface area contributed by atoms with E-state index in [0.29, 0.717) is 12.1 Å². The zero-order chi connectivity index (χ0) is 14.0. The Kier molecular flexibility index (Phi) is 4.69. The van der Waals surface area contributed by atoms with Crippen molar-refractivity contribution in [2.24, 2.45) is 0 Å². The molecule has 19 heavy (non-hydrogen) atoms. The van der Waals surface area contributed by atoms with Crippen molar-refractivity contribution in [3.63, 3.8) is 0 Å². The first-order valence-electron chi connectivity index (χ1n) is 7.69. The van der Waals surface area contributed by atoms with Crippen LogP contribution in [-0.4, -0.2) is 35.6 Å². The van der Waals surface area contributed by atoms with Crippen LogP contribution in [0.5, 0.6) is 0 Å². The molecule has 0 aromatic carbocycles. The van der Waals surface area contributed by atoms with Crippen molar-refractivity contribution in [3.8, 4) is 0 Å². The summed E-state index contributed by atoms with van der Waals surface area (Å²) in [6.07, 6.45) is 1.20. The molecule has 3 nitrogen and oxygen atoms in total. The molecule has 108 valence electrons. The van der Waals surface area contributed by atoms with E-state index in [9.17, 15) is 0 Å². The molecule has 1 N–H and O–H groups in total. The molecule has 0 bridgehead atoms. The molecular formula is C16H29N3. The van der Waals surface area contributed by atoms with Crippen molar-refractivity contribution >= 4 is 0 Å². The number of nitrogens with one attached hydrogen (secondary N) is 1. The number of aromatic nitrogens is 1. The lowest BCUT2D eigenvalue weighted by molar-refractivity contribution is 0.169. The summed E-state index contributed by atoms with van der Waals surface area (Å²) in [6.45, 7) is 16.0. The highest BCUT2D eigenvalue weighted by Gasteiger charge is 2.24. The highest BCUT2D eigenvalue weighted by molar-refractivity contribution is 5.30. The third-order valence-electron chi connectivity index (χ3n) is 4.38. The molecule has 2 rings (SSSR count). The molecule has 1 aliphatic rings. The molecule has 1 fully saturated rings. The van der Waals surface area contributed by atoms with Crippen LogP contribution in [0.25, 0.3) is 0 Å². The van der Waals surface area contributed by atoms with Gasteiger partial charge < -0.3 is 9.88 Å². The van der Waals surface area contributed by atoms with Gasteiger partial charge in [0.25, 0.3) is 0 Å². The minimum atomic E-state index is 0.550. The van der Waals surface area contributed by atoms with E-state index < -0.39 is 0 Å². The fourth-order valence-corrected chi connectivity index (χ4v) is 3.60. The SMILES string of the molecule is CCC(c1cc(C)n(C(C)C)c1C)N1CCNCC1. The molecule has 0 aliphatic carbocycles. The van der Waals surface area contributed by atoms with Crippen molar-refractivity contribution in [1.29, 1.82) is 0 Å². The fourth-order valence-electron chi connectivity index (χ4n) is 3.60. The summed E-state index contributed by atoms with van der Waals surface area (Å²) in [4.78, 5) is 2.64. The normalized spacial score (nSPS) is 19.1. The highest BCUT2D eigenvalue weighted by Crippen LogP contribution is 2.31. The first-order chi connectivity index (χ1) is 9.06. The molecule has 0 spiro atoms. The number of piperazine rings is 1. The van der Waals surface area contributed by atoms with Gasteiger partial charge in [-0.3, -0.25) is 4.90 Å². The van der Waals surface area contributed by atoms with E-state index >= 15 is 0 Å². The summed E-state index contributed by atoms with van der Waals surface area (Å²) in [7, 11) is 0. The van der Waals surface area contributed by atoms with Crippen LogP contribution in [0.3, 0.4) is 0 Å². The van der Waals surface area contributed by atoms with Gasteiger partial charge in [-0.15, -0.1) is 0 Å². The quantitative estimate of drug-likeness (QED) is 0.901. The fraction of sp³-hybridized carbons (Fsp3) is 0.750. The number of rotatable bonds is 4. The summed E-state index contributed by atoms with van der Waals surface area (Å²) in [6, 6.07) is 3.54. The lowest BCUT2D eigenvalue weighted by Gasteiger charge is -2.34. The van der Waals surface area contributed by atoms with Crippen LogP contribution in [-0.2, 0) is 0 Å². The van der Waals surface area contributed by atoms with Crippen LogP contribution in [0.1, 0.15) is 56.2 Å². The Balaban J connectivity index is 2.30. The van der Waals surface area contributed by atoms with Crippen LogP contribution >= 0.6 is 0 Å². The monoisotopic (exact) mass is 263 g/mol. The summed E-state index contributed by atoms with van der Waals surface area (Å²) in [5, 5.41) is 3.45. The second-order valence-electron chi connectivity index (χ2n) is 6.00. The minimum absolute atomic E-state index is 0.550. The largest absolute Gasteiger partial charge is 0.346 e. The second-order valence-corrected chi connectivity index (χ2v) is 6.00. The van der Waals surface area contributed by atoms with Gasteiger partial charge in [0.2, 0.25) is 0 Å². The Morgan fingerprint density at radius 1 is 1.21 bits per heavy atom. The van der Waals surface area contributed by atoms with Gasteiger partial charge >= 0.3 is 0 Å². The third kappa shape index (κ3) is 2.87. The average molecular weight is 263 g/mol. The average Bonchev–Trinajstić information content (AvgIpc) is 2.67. The van der Waals surface area contributed by atoms with Gasteiger partial charge in [0.05, 0.1) is 0 Å². The molecule has 0 saturated carbocycles. The molecule has 1 atom stereocenters. The van der Waals surface area contributed by atoms with E-state index in [1.807, 2.05) is 0 Å². The zero-order valence-electron chi connectivity index (χ0n) is 13.2. The van der Waals surface area contributed by atoms with Crippen LogP contribution in [0, 0.1) is 13.8 Å². The molecular weight excluding hydrogens is 234 g/mol. The van der Waals surface area contributed by atoms with Crippen molar-refractivity contribution < 1.29 is 0 Å². The Morgan fingerprint density at radius 3 is 2.32 bits per heavy atom. The summed E-state index contributed by atoms with van der Waals surface area (Å²) in [5.41, 5.74) is 4.39. The van der Waals surface area contributed by atoms with E-state index in [-0.39, 0.29) is 0 Å². The van der Waals surface area contributed by atoms with E-state index in [2.05, 4.69) is 55.5 Å². The molecule has 1 saturated heterocycles. The number of hydrogen-bond donors (Lipinski definition) is 1. The van der Waals surface area contributed by atoms with E-state index in [1.54, 1.807) is 0 Å². The zero-order valence-corrected chi connectivity index (χ0v) is 13.2. The number of hydrogen-bond acceptors (Lipinski definition) is 2. The maximum absolute atomic E-state index is 3.45. The van der Waals surface area contributed by atoms with Gasteiger partial charge in [-0.05, 0) is 45.7 Å². The Hall–Kier alpha value is -0.800. The molecule has 2 heterocycles. The third-order valence-corrected chi connectivity index (χ3v) is 4.38. The van der Waals surface area contributed by atoms with Crippen LogP contribution in [0.2, 0.25) is 0 Å². The Labute approximate surface area is 118 Å². The Bertz CT molecular complexity index is 414. The maximum Gasteiger partial charge on any atom is 0.0364 e. The van der Waals surface area contributed by atoms with E-state index in [0.717, 1.165) is 13.1 Å².